The lowest BCUT2D eigenvalue weighted by Crippen LogP contribution is -2.50. The molecular formula is C16H19ClN2. The average Bonchev–Trinajstić information content (AvgIpc) is 2.78. The Morgan fingerprint density at radius 2 is 1.89 bits per heavy atom. The minimum Gasteiger partial charge on any atom is -0.296 e. The van der Waals surface area contributed by atoms with Crippen molar-refractivity contribution in [2.75, 3.05) is 0 Å². The lowest BCUT2D eigenvalue weighted by Gasteiger charge is -2.31. The lowest BCUT2D eigenvalue weighted by atomic mass is 9.90. The van der Waals surface area contributed by atoms with Crippen molar-refractivity contribution in [1.82, 2.24) is 5.32 Å². The molecule has 2 nitrogen and oxygen atoms in total. The molecule has 0 amide bonds. The molecule has 2 aliphatic rings. The summed E-state index contributed by atoms with van der Waals surface area (Å²) in [5.74, 6) is 0. The Bertz CT molecular complexity index is 514. The fraction of sp³-hybridized carbons (Fsp3) is 0.562. The van der Waals surface area contributed by atoms with Crippen LogP contribution in [0.5, 0.6) is 0 Å². The van der Waals surface area contributed by atoms with E-state index in [-0.39, 0.29) is 0 Å². The van der Waals surface area contributed by atoms with E-state index in [0.717, 1.165) is 17.9 Å². The van der Waals surface area contributed by atoms with Gasteiger partial charge in [0.1, 0.15) is 5.54 Å². The first-order valence-electron chi connectivity index (χ1n) is 7.17. The van der Waals surface area contributed by atoms with E-state index in [4.69, 9.17) is 11.6 Å². The number of hydrogen-bond acceptors (Lipinski definition) is 2. The van der Waals surface area contributed by atoms with Gasteiger partial charge in [-0.05, 0) is 36.1 Å². The second-order valence-electron chi connectivity index (χ2n) is 5.94. The zero-order valence-electron chi connectivity index (χ0n) is 11.1. The molecule has 1 saturated carbocycles. The number of nitrogens with one attached hydrogen (secondary N) is 1. The summed E-state index contributed by atoms with van der Waals surface area (Å²) in [6.45, 7) is 0. The Morgan fingerprint density at radius 1 is 1.16 bits per heavy atom. The van der Waals surface area contributed by atoms with Gasteiger partial charge in [0, 0.05) is 23.9 Å². The van der Waals surface area contributed by atoms with Gasteiger partial charge in [-0.3, -0.25) is 5.32 Å². The highest BCUT2D eigenvalue weighted by atomic mass is 35.5. The SMILES string of the molecule is N#CC1(NC2CCCCC2)Cc2ccc(Cl)cc2C1. The maximum absolute atomic E-state index is 9.64. The normalized spacial score (nSPS) is 26.9. The fourth-order valence-corrected chi connectivity index (χ4v) is 3.69. The van der Waals surface area contributed by atoms with Gasteiger partial charge in [-0.2, -0.15) is 5.26 Å². The summed E-state index contributed by atoms with van der Waals surface area (Å²) in [5.41, 5.74) is 2.10. The van der Waals surface area contributed by atoms with Gasteiger partial charge in [-0.15, -0.1) is 0 Å². The molecule has 1 fully saturated rings. The molecule has 0 spiro atoms. The molecule has 3 heteroatoms. The summed E-state index contributed by atoms with van der Waals surface area (Å²) in [5, 5.41) is 14.1. The number of fused-ring (bicyclic) bond motifs is 1. The Balaban J connectivity index is 1.77. The van der Waals surface area contributed by atoms with Crippen molar-refractivity contribution in [2.45, 2.75) is 56.5 Å². The molecule has 0 aromatic heterocycles. The first-order chi connectivity index (χ1) is 9.21. The van der Waals surface area contributed by atoms with Crippen LogP contribution < -0.4 is 5.32 Å². The second kappa shape index (κ2) is 5.15. The van der Waals surface area contributed by atoms with E-state index in [0.29, 0.717) is 6.04 Å². The molecule has 19 heavy (non-hydrogen) atoms. The van der Waals surface area contributed by atoms with Gasteiger partial charge in [0.25, 0.3) is 0 Å². The molecule has 0 heterocycles. The number of nitriles is 1. The van der Waals surface area contributed by atoms with Crippen LogP contribution >= 0.6 is 11.6 Å². The molecule has 2 aliphatic carbocycles. The maximum Gasteiger partial charge on any atom is 0.115 e. The zero-order valence-corrected chi connectivity index (χ0v) is 11.8. The monoisotopic (exact) mass is 274 g/mol. The summed E-state index contributed by atoms with van der Waals surface area (Å²) in [7, 11) is 0. The predicted octanol–water partition coefficient (Wildman–Crippen LogP) is 3.62. The molecule has 100 valence electrons. The van der Waals surface area contributed by atoms with Crippen LogP contribution in [0.25, 0.3) is 0 Å². The van der Waals surface area contributed by atoms with E-state index in [1.165, 1.54) is 43.2 Å². The van der Waals surface area contributed by atoms with E-state index >= 15 is 0 Å². The number of nitrogens with zero attached hydrogens (tertiary/aromatic N) is 1. The molecule has 1 aromatic rings. The molecule has 0 radical (unpaired) electrons. The largest absolute Gasteiger partial charge is 0.296 e. The third kappa shape index (κ3) is 2.63. The second-order valence-corrected chi connectivity index (χ2v) is 6.38. The van der Waals surface area contributed by atoms with Gasteiger partial charge in [0.05, 0.1) is 6.07 Å². The molecule has 1 N–H and O–H groups in total. The molecule has 0 saturated heterocycles. The van der Waals surface area contributed by atoms with E-state index in [1.807, 2.05) is 12.1 Å². The predicted molar refractivity (Wildman–Crippen MR) is 77.2 cm³/mol. The topological polar surface area (TPSA) is 35.8 Å². The smallest absolute Gasteiger partial charge is 0.115 e. The van der Waals surface area contributed by atoms with Gasteiger partial charge in [0.2, 0.25) is 0 Å². The van der Waals surface area contributed by atoms with Crippen molar-refractivity contribution in [1.29, 1.82) is 5.26 Å². The molecule has 1 atom stereocenters. The summed E-state index contributed by atoms with van der Waals surface area (Å²) < 4.78 is 0. The van der Waals surface area contributed by atoms with Gasteiger partial charge in [-0.1, -0.05) is 36.9 Å². The van der Waals surface area contributed by atoms with Crippen LogP contribution in [0.1, 0.15) is 43.2 Å². The first kappa shape index (κ1) is 13.0. The van der Waals surface area contributed by atoms with Crippen molar-refractivity contribution in [3.05, 3.63) is 34.3 Å². The summed E-state index contributed by atoms with van der Waals surface area (Å²) >= 11 is 6.05. The van der Waals surface area contributed by atoms with Crippen LogP contribution in [0.3, 0.4) is 0 Å². The highest BCUT2D eigenvalue weighted by Crippen LogP contribution is 2.33. The molecule has 0 bridgehead atoms. The van der Waals surface area contributed by atoms with Crippen LogP contribution in [0.2, 0.25) is 5.02 Å². The third-order valence-corrected chi connectivity index (χ3v) is 4.69. The molecule has 3 rings (SSSR count). The van der Waals surface area contributed by atoms with Gasteiger partial charge in [-0.25, -0.2) is 0 Å². The van der Waals surface area contributed by atoms with Crippen molar-refractivity contribution in [3.63, 3.8) is 0 Å². The maximum atomic E-state index is 9.64. The number of rotatable bonds is 2. The Kier molecular flexibility index (Phi) is 3.52. The van der Waals surface area contributed by atoms with Crippen molar-refractivity contribution in [2.24, 2.45) is 0 Å². The highest BCUT2D eigenvalue weighted by Gasteiger charge is 2.39. The Morgan fingerprint density at radius 3 is 2.63 bits per heavy atom. The third-order valence-electron chi connectivity index (χ3n) is 4.45. The summed E-state index contributed by atoms with van der Waals surface area (Å²) in [4.78, 5) is 0. The van der Waals surface area contributed by atoms with E-state index in [2.05, 4.69) is 17.5 Å². The lowest BCUT2D eigenvalue weighted by molar-refractivity contribution is 0.300. The van der Waals surface area contributed by atoms with Crippen LogP contribution in [0.4, 0.5) is 0 Å². The van der Waals surface area contributed by atoms with Crippen LogP contribution in [0.15, 0.2) is 18.2 Å². The van der Waals surface area contributed by atoms with Gasteiger partial charge < -0.3 is 0 Å². The molecule has 0 aliphatic heterocycles. The number of halogens is 1. The summed E-state index contributed by atoms with van der Waals surface area (Å²) in [6.07, 6.45) is 7.94. The van der Waals surface area contributed by atoms with Crippen LogP contribution in [0, 0.1) is 11.3 Å². The molecular weight excluding hydrogens is 256 g/mol. The minimum absolute atomic E-state index is 0.408. The van der Waals surface area contributed by atoms with Crippen molar-refractivity contribution >= 4 is 11.6 Å². The number of benzene rings is 1. The van der Waals surface area contributed by atoms with E-state index < -0.39 is 5.54 Å². The van der Waals surface area contributed by atoms with Crippen LogP contribution in [-0.4, -0.2) is 11.6 Å². The molecule has 1 aromatic carbocycles. The first-order valence-corrected chi connectivity index (χ1v) is 7.55. The van der Waals surface area contributed by atoms with E-state index in [9.17, 15) is 5.26 Å². The average molecular weight is 275 g/mol. The van der Waals surface area contributed by atoms with Crippen molar-refractivity contribution in [3.8, 4) is 6.07 Å². The van der Waals surface area contributed by atoms with Gasteiger partial charge >= 0.3 is 0 Å². The highest BCUT2D eigenvalue weighted by molar-refractivity contribution is 6.30. The quantitative estimate of drug-likeness (QED) is 0.894. The summed E-state index contributed by atoms with van der Waals surface area (Å²) in [6, 6.07) is 9.06. The van der Waals surface area contributed by atoms with Crippen LogP contribution in [-0.2, 0) is 12.8 Å². The van der Waals surface area contributed by atoms with E-state index in [1.54, 1.807) is 0 Å². The number of hydrogen-bond donors (Lipinski definition) is 1. The minimum atomic E-state index is -0.408. The standard InChI is InChI=1S/C16H19ClN2/c17-14-7-6-12-9-16(11-18,10-13(12)8-14)19-15-4-2-1-3-5-15/h6-8,15,19H,1-5,9-10H2. The van der Waals surface area contributed by atoms with Crippen molar-refractivity contribution < 1.29 is 0 Å². The fourth-order valence-electron chi connectivity index (χ4n) is 3.50. The van der Waals surface area contributed by atoms with Gasteiger partial charge in [0.15, 0.2) is 0 Å². The Labute approximate surface area is 119 Å². The Hall–Kier alpha value is -1.04. The zero-order chi connectivity index (χ0) is 13.3. The molecule has 1 unspecified atom stereocenters.